The van der Waals surface area contributed by atoms with Crippen molar-refractivity contribution >= 4 is 49.5 Å². The second kappa shape index (κ2) is 10.8. The first-order valence-electron chi connectivity index (χ1n) is 9.23. The van der Waals surface area contributed by atoms with Crippen LogP contribution in [-0.2, 0) is 11.4 Å². The number of para-hydroxylation sites is 1. The van der Waals surface area contributed by atoms with Gasteiger partial charge in [-0.1, -0.05) is 62.2 Å². The van der Waals surface area contributed by atoms with Crippen LogP contribution >= 0.6 is 31.9 Å². The molecule has 0 spiro atoms. The Morgan fingerprint density at radius 1 is 1.06 bits per heavy atom. The molecule has 1 amide bonds. The number of anilines is 1. The molecule has 3 rings (SSSR count). The van der Waals surface area contributed by atoms with Gasteiger partial charge in [-0.2, -0.15) is 5.26 Å². The van der Waals surface area contributed by atoms with E-state index in [2.05, 4.69) is 37.2 Å². The van der Waals surface area contributed by atoms with Crippen LogP contribution in [0.3, 0.4) is 0 Å². The first-order valence-corrected chi connectivity index (χ1v) is 10.8. The molecule has 0 saturated carbocycles. The summed E-state index contributed by atoms with van der Waals surface area (Å²) in [4.78, 5) is 12.4. The maximum atomic E-state index is 12.4. The summed E-state index contributed by atoms with van der Waals surface area (Å²) in [5.74, 6) is 0.581. The van der Waals surface area contributed by atoms with E-state index < -0.39 is 5.91 Å². The number of carbonyl (C=O) groups is 1. The highest BCUT2D eigenvalue weighted by Gasteiger charge is 2.12. The fraction of sp³-hybridized carbons (Fsp3) is 0.0833. The SMILES string of the molecule is COc1cc(/C=C(/C#N)C(=O)Nc2ccccc2)ccc1OCc1ccc(Br)cc1Br. The molecule has 0 aliphatic carbocycles. The van der Waals surface area contributed by atoms with Crippen molar-refractivity contribution in [1.82, 2.24) is 0 Å². The number of rotatable bonds is 7. The smallest absolute Gasteiger partial charge is 0.266 e. The largest absolute Gasteiger partial charge is 0.493 e. The van der Waals surface area contributed by atoms with Crippen LogP contribution in [0, 0.1) is 11.3 Å². The molecular formula is C24H18Br2N2O3. The van der Waals surface area contributed by atoms with Crippen molar-refractivity contribution in [3.8, 4) is 17.6 Å². The minimum Gasteiger partial charge on any atom is -0.493 e. The number of halogens is 2. The van der Waals surface area contributed by atoms with Gasteiger partial charge in [0.25, 0.3) is 5.91 Å². The Morgan fingerprint density at radius 3 is 2.52 bits per heavy atom. The van der Waals surface area contributed by atoms with E-state index in [-0.39, 0.29) is 5.57 Å². The number of nitrogens with one attached hydrogen (secondary N) is 1. The Labute approximate surface area is 197 Å². The van der Waals surface area contributed by atoms with Crippen LogP contribution in [0.2, 0.25) is 0 Å². The molecule has 1 N–H and O–H groups in total. The standard InChI is InChI=1S/C24H18Br2N2O3/c1-30-23-12-16(11-18(14-27)24(29)28-20-5-3-2-4-6-20)7-10-22(23)31-15-17-8-9-19(25)13-21(17)26/h2-13H,15H2,1H3,(H,28,29)/b18-11-. The average Bonchev–Trinajstić information content (AvgIpc) is 2.77. The van der Waals surface area contributed by atoms with Gasteiger partial charge in [-0.15, -0.1) is 0 Å². The zero-order valence-electron chi connectivity index (χ0n) is 16.6. The van der Waals surface area contributed by atoms with Gasteiger partial charge in [-0.3, -0.25) is 4.79 Å². The van der Waals surface area contributed by atoms with Crippen LogP contribution in [0.1, 0.15) is 11.1 Å². The molecule has 0 unspecified atom stereocenters. The second-order valence-electron chi connectivity index (χ2n) is 6.42. The van der Waals surface area contributed by atoms with Crippen LogP contribution in [-0.4, -0.2) is 13.0 Å². The summed E-state index contributed by atoms with van der Waals surface area (Å²) in [5, 5.41) is 12.1. The predicted molar refractivity (Wildman–Crippen MR) is 128 cm³/mol. The maximum absolute atomic E-state index is 12.4. The highest BCUT2D eigenvalue weighted by Crippen LogP contribution is 2.31. The van der Waals surface area contributed by atoms with Gasteiger partial charge in [0.05, 0.1) is 7.11 Å². The lowest BCUT2D eigenvalue weighted by molar-refractivity contribution is -0.112. The molecule has 0 aromatic heterocycles. The summed E-state index contributed by atoms with van der Waals surface area (Å²) in [5.41, 5.74) is 2.24. The fourth-order valence-electron chi connectivity index (χ4n) is 2.72. The van der Waals surface area contributed by atoms with E-state index >= 15 is 0 Å². The van der Waals surface area contributed by atoms with Crippen LogP contribution in [0.15, 0.2) is 81.2 Å². The Kier molecular flexibility index (Phi) is 7.88. The third-order valence-electron chi connectivity index (χ3n) is 4.29. The highest BCUT2D eigenvalue weighted by molar-refractivity contribution is 9.11. The van der Waals surface area contributed by atoms with Gasteiger partial charge in [0.2, 0.25) is 0 Å². The zero-order valence-corrected chi connectivity index (χ0v) is 19.7. The summed E-state index contributed by atoms with van der Waals surface area (Å²) in [6.07, 6.45) is 1.51. The van der Waals surface area contributed by atoms with Gasteiger partial charge in [-0.25, -0.2) is 0 Å². The first kappa shape index (κ1) is 22.6. The minimum atomic E-state index is -0.479. The number of carbonyl (C=O) groups excluding carboxylic acids is 1. The van der Waals surface area contributed by atoms with Gasteiger partial charge in [0.15, 0.2) is 11.5 Å². The highest BCUT2D eigenvalue weighted by atomic mass is 79.9. The van der Waals surface area contributed by atoms with Crippen molar-refractivity contribution in [2.45, 2.75) is 6.61 Å². The van der Waals surface area contributed by atoms with E-state index in [1.807, 2.05) is 42.5 Å². The molecule has 0 aliphatic rings. The maximum Gasteiger partial charge on any atom is 0.266 e. The van der Waals surface area contributed by atoms with Crippen LogP contribution in [0.4, 0.5) is 5.69 Å². The lowest BCUT2D eigenvalue weighted by atomic mass is 10.1. The van der Waals surface area contributed by atoms with Crippen molar-refractivity contribution in [2.24, 2.45) is 0 Å². The normalized spacial score (nSPS) is 10.8. The molecule has 5 nitrogen and oxygen atoms in total. The molecule has 0 fully saturated rings. The molecule has 7 heteroatoms. The number of amides is 1. The van der Waals surface area contributed by atoms with Crippen molar-refractivity contribution in [1.29, 1.82) is 5.26 Å². The van der Waals surface area contributed by atoms with E-state index in [4.69, 9.17) is 9.47 Å². The summed E-state index contributed by atoms with van der Waals surface area (Å²) in [6.45, 7) is 0.350. The topological polar surface area (TPSA) is 71.3 Å². The molecule has 0 heterocycles. The Balaban J connectivity index is 1.76. The minimum absolute atomic E-state index is 0.0154. The monoisotopic (exact) mass is 540 g/mol. The number of benzene rings is 3. The Morgan fingerprint density at radius 2 is 1.84 bits per heavy atom. The lowest BCUT2D eigenvalue weighted by Gasteiger charge is -2.12. The van der Waals surface area contributed by atoms with E-state index in [9.17, 15) is 10.1 Å². The quantitative estimate of drug-likeness (QED) is 0.279. The third-order valence-corrected chi connectivity index (χ3v) is 5.53. The number of hydrogen-bond donors (Lipinski definition) is 1. The van der Waals surface area contributed by atoms with E-state index in [1.165, 1.54) is 6.08 Å². The first-order chi connectivity index (χ1) is 15.0. The molecule has 0 bridgehead atoms. The third kappa shape index (κ3) is 6.20. The molecule has 31 heavy (non-hydrogen) atoms. The molecule has 3 aromatic rings. The number of nitriles is 1. The average molecular weight is 542 g/mol. The van der Waals surface area contributed by atoms with Crippen LogP contribution < -0.4 is 14.8 Å². The van der Waals surface area contributed by atoms with Crippen LogP contribution in [0.25, 0.3) is 6.08 Å². The summed E-state index contributed by atoms with van der Waals surface area (Å²) >= 11 is 6.95. The number of nitrogens with zero attached hydrogens (tertiary/aromatic N) is 1. The Bertz CT molecular complexity index is 1160. The summed E-state index contributed by atoms with van der Waals surface area (Å²) < 4.78 is 13.3. The predicted octanol–water partition coefficient (Wildman–Crippen LogP) is 6.34. The fourth-order valence-corrected chi connectivity index (χ4v) is 3.88. The van der Waals surface area contributed by atoms with E-state index in [0.717, 1.165) is 14.5 Å². The van der Waals surface area contributed by atoms with Crippen molar-refractivity contribution in [2.75, 3.05) is 12.4 Å². The van der Waals surface area contributed by atoms with E-state index in [0.29, 0.717) is 29.4 Å². The molecule has 0 atom stereocenters. The summed E-state index contributed by atoms with van der Waals surface area (Å²) in [6, 6.07) is 22.0. The van der Waals surface area contributed by atoms with Gasteiger partial charge in [-0.05, 0) is 48.0 Å². The Hall–Kier alpha value is -3.08. The lowest BCUT2D eigenvalue weighted by Crippen LogP contribution is -2.13. The molecular weight excluding hydrogens is 524 g/mol. The summed E-state index contributed by atoms with van der Waals surface area (Å²) in [7, 11) is 1.54. The van der Waals surface area contributed by atoms with Crippen LogP contribution in [0.5, 0.6) is 11.5 Å². The van der Waals surface area contributed by atoms with Gasteiger partial charge in [0, 0.05) is 20.2 Å². The van der Waals surface area contributed by atoms with Gasteiger partial charge < -0.3 is 14.8 Å². The molecule has 156 valence electrons. The molecule has 0 saturated heterocycles. The zero-order chi connectivity index (χ0) is 22.2. The second-order valence-corrected chi connectivity index (χ2v) is 8.19. The van der Waals surface area contributed by atoms with Crippen molar-refractivity contribution in [3.05, 3.63) is 92.4 Å². The van der Waals surface area contributed by atoms with Gasteiger partial charge in [0.1, 0.15) is 18.2 Å². The molecule has 0 radical (unpaired) electrons. The van der Waals surface area contributed by atoms with E-state index in [1.54, 1.807) is 37.4 Å². The number of hydrogen-bond acceptors (Lipinski definition) is 4. The number of methoxy groups -OCH3 is 1. The van der Waals surface area contributed by atoms with Crippen molar-refractivity contribution in [3.63, 3.8) is 0 Å². The molecule has 3 aromatic carbocycles. The van der Waals surface area contributed by atoms with Gasteiger partial charge >= 0.3 is 0 Å². The van der Waals surface area contributed by atoms with Crippen molar-refractivity contribution < 1.29 is 14.3 Å². The molecule has 0 aliphatic heterocycles. The number of ether oxygens (including phenoxy) is 2.